The number of hydrogen-bond donors (Lipinski definition) is 0. The van der Waals surface area contributed by atoms with Crippen molar-refractivity contribution in [3.63, 3.8) is 0 Å². The van der Waals surface area contributed by atoms with Crippen molar-refractivity contribution in [2.45, 2.75) is 18.1 Å². The van der Waals surface area contributed by atoms with Crippen LogP contribution in [0.25, 0.3) is 0 Å². The van der Waals surface area contributed by atoms with Crippen LogP contribution in [0.15, 0.2) is 11.1 Å². The summed E-state index contributed by atoms with van der Waals surface area (Å²) in [4.78, 5) is 3.86. The first-order chi connectivity index (χ1) is 7.40. The summed E-state index contributed by atoms with van der Waals surface area (Å²) in [6.45, 7) is 1.44. The molecule has 0 N–H and O–H groups in total. The van der Waals surface area contributed by atoms with Crippen molar-refractivity contribution in [2.24, 2.45) is 0 Å². The van der Waals surface area contributed by atoms with Gasteiger partial charge in [0.1, 0.15) is 11.1 Å². The lowest BCUT2D eigenvalue weighted by molar-refractivity contribution is -0.138. The standard InChI is InChI=1S/C9H6ClF3N2S/c1-5-2-7(9(11,12)13)6(3-14)8(15-5)16-4-10/h2H,4H2,1H3. The Kier molecular flexibility index (Phi) is 4.05. The number of halogens is 4. The third-order valence-electron chi connectivity index (χ3n) is 1.72. The average molecular weight is 267 g/mol. The molecule has 0 spiro atoms. The van der Waals surface area contributed by atoms with E-state index in [0.717, 1.165) is 17.8 Å². The van der Waals surface area contributed by atoms with Gasteiger partial charge in [0, 0.05) is 5.69 Å². The highest BCUT2D eigenvalue weighted by atomic mass is 35.5. The van der Waals surface area contributed by atoms with E-state index in [1.807, 2.05) is 0 Å². The fourth-order valence-electron chi connectivity index (χ4n) is 1.13. The van der Waals surface area contributed by atoms with Crippen molar-refractivity contribution < 1.29 is 13.2 Å². The molecule has 16 heavy (non-hydrogen) atoms. The third kappa shape index (κ3) is 2.80. The second-order valence-corrected chi connectivity index (χ2v) is 4.40. The average Bonchev–Trinajstić information content (AvgIpc) is 2.16. The highest BCUT2D eigenvalue weighted by Gasteiger charge is 2.35. The van der Waals surface area contributed by atoms with Gasteiger partial charge in [0.05, 0.1) is 16.3 Å². The van der Waals surface area contributed by atoms with E-state index in [9.17, 15) is 13.2 Å². The smallest absolute Gasteiger partial charge is 0.245 e. The molecular weight excluding hydrogens is 261 g/mol. The van der Waals surface area contributed by atoms with Crippen LogP contribution in [0.4, 0.5) is 13.2 Å². The zero-order valence-electron chi connectivity index (χ0n) is 8.10. The fraction of sp³-hybridized carbons (Fsp3) is 0.333. The Morgan fingerprint density at radius 1 is 1.56 bits per heavy atom. The first-order valence-electron chi connectivity index (χ1n) is 4.08. The molecule has 1 aromatic heterocycles. The quantitative estimate of drug-likeness (QED) is 0.606. The van der Waals surface area contributed by atoms with Crippen molar-refractivity contribution in [2.75, 3.05) is 5.21 Å². The maximum Gasteiger partial charge on any atom is 0.417 e. The first-order valence-corrected chi connectivity index (χ1v) is 5.60. The zero-order valence-corrected chi connectivity index (χ0v) is 9.67. The van der Waals surface area contributed by atoms with Crippen LogP contribution in [0.2, 0.25) is 0 Å². The maximum absolute atomic E-state index is 12.6. The van der Waals surface area contributed by atoms with Gasteiger partial charge in [-0.15, -0.1) is 11.6 Å². The highest BCUT2D eigenvalue weighted by Crippen LogP contribution is 2.35. The minimum Gasteiger partial charge on any atom is -0.245 e. The molecule has 2 nitrogen and oxygen atoms in total. The van der Waals surface area contributed by atoms with E-state index < -0.39 is 17.3 Å². The summed E-state index contributed by atoms with van der Waals surface area (Å²) in [5.41, 5.74) is -1.22. The third-order valence-corrected chi connectivity index (χ3v) is 2.73. The molecule has 0 bridgehead atoms. The number of aryl methyl sites for hydroxylation is 1. The van der Waals surface area contributed by atoms with E-state index in [4.69, 9.17) is 16.9 Å². The first kappa shape index (κ1) is 13.1. The minimum atomic E-state index is -4.56. The lowest BCUT2D eigenvalue weighted by atomic mass is 10.1. The van der Waals surface area contributed by atoms with Crippen LogP contribution in [-0.4, -0.2) is 10.2 Å². The van der Waals surface area contributed by atoms with Gasteiger partial charge in [0.15, 0.2) is 0 Å². The van der Waals surface area contributed by atoms with Crippen molar-refractivity contribution in [1.82, 2.24) is 4.98 Å². The summed E-state index contributed by atoms with van der Waals surface area (Å²) in [5.74, 6) is 0. The van der Waals surface area contributed by atoms with E-state index in [1.54, 1.807) is 0 Å². The van der Waals surface area contributed by atoms with Crippen LogP contribution in [0.1, 0.15) is 16.8 Å². The van der Waals surface area contributed by atoms with Crippen molar-refractivity contribution in [3.8, 4) is 6.07 Å². The predicted octanol–water partition coefficient (Wildman–Crippen LogP) is 3.57. The van der Waals surface area contributed by atoms with Crippen LogP contribution >= 0.6 is 23.4 Å². The summed E-state index contributed by atoms with van der Waals surface area (Å²) in [6.07, 6.45) is -4.56. The highest BCUT2D eigenvalue weighted by molar-refractivity contribution is 8.00. The van der Waals surface area contributed by atoms with Crippen LogP contribution in [0, 0.1) is 18.3 Å². The molecule has 0 saturated carbocycles. The van der Waals surface area contributed by atoms with Crippen LogP contribution in [0.3, 0.4) is 0 Å². The Labute approximate surface area is 99.4 Å². The molecule has 0 amide bonds. The van der Waals surface area contributed by atoms with Gasteiger partial charge >= 0.3 is 6.18 Å². The van der Waals surface area contributed by atoms with Gasteiger partial charge in [-0.2, -0.15) is 18.4 Å². The summed E-state index contributed by atoms with van der Waals surface area (Å²) in [6, 6.07) is 2.38. The number of aromatic nitrogens is 1. The fourth-order valence-corrected chi connectivity index (χ4v) is 2.05. The van der Waals surface area contributed by atoms with Crippen molar-refractivity contribution in [1.29, 1.82) is 5.26 Å². The molecule has 0 atom stereocenters. The van der Waals surface area contributed by atoms with Gasteiger partial charge in [-0.05, 0) is 13.0 Å². The van der Waals surface area contributed by atoms with Gasteiger partial charge in [-0.1, -0.05) is 11.8 Å². The second kappa shape index (κ2) is 4.93. The molecule has 0 fully saturated rings. The number of alkyl halides is 4. The molecule has 0 aliphatic rings. The normalized spacial score (nSPS) is 11.2. The van der Waals surface area contributed by atoms with Gasteiger partial charge in [0.2, 0.25) is 0 Å². The van der Waals surface area contributed by atoms with Gasteiger partial charge in [-0.25, -0.2) is 4.98 Å². The maximum atomic E-state index is 12.6. The van der Waals surface area contributed by atoms with E-state index in [-0.39, 0.29) is 15.9 Å². The molecule has 0 aromatic carbocycles. The largest absolute Gasteiger partial charge is 0.417 e. The minimum absolute atomic E-state index is 0.0184. The van der Waals surface area contributed by atoms with E-state index in [1.165, 1.54) is 13.0 Å². The molecule has 1 heterocycles. The van der Waals surface area contributed by atoms with Crippen molar-refractivity contribution in [3.05, 3.63) is 22.9 Å². The topological polar surface area (TPSA) is 36.7 Å². The summed E-state index contributed by atoms with van der Waals surface area (Å²) in [7, 11) is 0. The lowest BCUT2D eigenvalue weighted by Gasteiger charge is -2.11. The number of nitrogens with zero attached hydrogens (tertiary/aromatic N) is 2. The molecule has 1 aromatic rings. The van der Waals surface area contributed by atoms with Crippen LogP contribution in [0.5, 0.6) is 0 Å². The summed E-state index contributed by atoms with van der Waals surface area (Å²) in [5, 5.41) is 8.80. The molecule has 0 aliphatic carbocycles. The lowest BCUT2D eigenvalue weighted by Crippen LogP contribution is -2.10. The molecule has 0 radical (unpaired) electrons. The zero-order chi connectivity index (χ0) is 12.3. The van der Waals surface area contributed by atoms with E-state index in [2.05, 4.69) is 4.98 Å². The molecule has 0 unspecified atom stereocenters. The van der Waals surface area contributed by atoms with Gasteiger partial charge < -0.3 is 0 Å². The van der Waals surface area contributed by atoms with Crippen molar-refractivity contribution >= 4 is 23.4 Å². The molecular formula is C9H6ClF3N2S. The second-order valence-electron chi connectivity index (χ2n) is 2.85. The Morgan fingerprint density at radius 2 is 2.19 bits per heavy atom. The molecule has 0 aliphatic heterocycles. The summed E-state index contributed by atoms with van der Waals surface area (Å²) < 4.78 is 37.8. The molecule has 1 rings (SSSR count). The Bertz CT molecular complexity index is 440. The van der Waals surface area contributed by atoms with Gasteiger partial charge in [-0.3, -0.25) is 0 Å². The van der Waals surface area contributed by atoms with Crippen LogP contribution < -0.4 is 0 Å². The summed E-state index contributed by atoms with van der Waals surface area (Å²) >= 11 is 6.32. The SMILES string of the molecule is Cc1cc(C(F)(F)F)c(C#N)c(SCCl)n1. The monoisotopic (exact) mass is 266 g/mol. The Morgan fingerprint density at radius 3 is 2.62 bits per heavy atom. The number of rotatable bonds is 2. The molecule has 7 heteroatoms. The Balaban J connectivity index is 3.44. The van der Waals surface area contributed by atoms with E-state index >= 15 is 0 Å². The van der Waals surface area contributed by atoms with E-state index in [0.29, 0.717) is 0 Å². The predicted molar refractivity (Wildman–Crippen MR) is 55.3 cm³/mol. The molecule has 86 valence electrons. The van der Waals surface area contributed by atoms with Crippen LogP contribution in [-0.2, 0) is 6.18 Å². The Hall–Kier alpha value is -0.930. The number of pyridine rings is 1. The van der Waals surface area contributed by atoms with Gasteiger partial charge in [0.25, 0.3) is 0 Å². The number of hydrogen-bond acceptors (Lipinski definition) is 3. The number of thioether (sulfide) groups is 1. The molecule has 0 saturated heterocycles. The number of nitriles is 1.